The third-order valence-corrected chi connectivity index (χ3v) is 5.06. The lowest BCUT2D eigenvalue weighted by molar-refractivity contribution is -0.118. The number of carbonyl (C=O) groups is 1. The number of anilines is 1. The lowest BCUT2D eigenvalue weighted by Gasteiger charge is -2.29. The summed E-state index contributed by atoms with van der Waals surface area (Å²) in [5, 5.41) is 13.3. The molecule has 1 aromatic heterocycles. The lowest BCUT2D eigenvalue weighted by Crippen LogP contribution is -2.39. The Hall–Kier alpha value is -1.98. The number of nitrogens with zero attached hydrogens (tertiary/aromatic N) is 1. The highest BCUT2D eigenvalue weighted by Gasteiger charge is 2.23. The Morgan fingerprint density at radius 3 is 2.96 bits per heavy atom. The van der Waals surface area contributed by atoms with Gasteiger partial charge in [-0.25, -0.2) is 0 Å². The van der Waals surface area contributed by atoms with Gasteiger partial charge in [-0.2, -0.15) is 0 Å². The van der Waals surface area contributed by atoms with Crippen molar-refractivity contribution in [3.63, 3.8) is 0 Å². The molecule has 5 heteroatoms. The molecule has 1 amide bonds. The summed E-state index contributed by atoms with van der Waals surface area (Å²) < 4.78 is 0. The fraction of sp³-hybridized carbons (Fsp3) is 0.333. The van der Waals surface area contributed by atoms with Crippen LogP contribution >= 0.6 is 11.3 Å². The molecule has 0 fully saturated rings. The van der Waals surface area contributed by atoms with Crippen molar-refractivity contribution < 1.29 is 4.79 Å². The summed E-state index contributed by atoms with van der Waals surface area (Å²) in [5.41, 5.74) is 4.05. The average molecular weight is 327 g/mol. The highest BCUT2D eigenvalue weighted by atomic mass is 32.1. The first-order valence-corrected chi connectivity index (χ1v) is 8.75. The second kappa shape index (κ2) is 7.06. The van der Waals surface area contributed by atoms with Crippen molar-refractivity contribution in [2.24, 2.45) is 0 Å². The molecule has 2 aromatic rings. The number of fused-ring (bicyclic) bond motifs is 1. The molecule has 4 nitrogen and oxygen atoms in total. The molecule has 0 unspecified atom stereocenters. The molecule has 2 N–H and O–H groups in total. The van der Waals surface area contributed by atoms with E-state index in [1.165, 1.54) is 5.56 Å². The summed E-state index contributed by atoms with van der Waals surface area (Å²) >= 11 is 1.60. The van der Waals surface area contributed by atoms with Crippen LogP contribution in [-0.4, -0.2) is 31.8 Å². The zero-order chi connectivity index (χ0) is 16.2. The Bertz CT molecular complexity index is 709. The average Bonchev–Trinajstić information content (AvgIpc) is 3.09. The van der Waals surface area contributed by atoms with Gasteiger partial charge in [0.05, 0.1) is 5.71 Å². The van der Waals surface area contributed by atoms with Crippen LogP contribution in [0.25, 0.3) is 0 Å². The summed E-state index contributed by atoms with van der Waals surface area (Å²) in [4.78, 5) is 15.0. The normalized spacial score (nSPS) is 14.0. The number of benzene rings is 1. The molecule has 0 spiro atoms. The third-order valence-electron chi connectivity index (χ3n) is 4.13. The van der Waals surface area contributed by atoms with Crippen LogP contribution in [0.5, 0.6) is 0 Å². The van der Waals surface area contributed by atoms with E-state index in [0.717, 1.165) is 29.1 Å². The second-order valence-corrected chi connectivity index (χ2v) is 6.69. The molecule has 0 atom stereocenters. The molecule has 0 saturated carbocycles. The number of thiophene rings is 1. The van der Waals surface area contributed by atoms with Gasteiger partial charge in [-0.3, -0.25) is 4.79 Å². The van der Waals surface area contributed by atoms with Gasteiger partial charge in [-0.15, -0.1) is 11.3 Å². The summed E-state index contributed by atoms with van der Waals surface area (Å²) in [6.07, 6.45) is 2.01. The van der Waals surface area contributed by atoms with Crippen LogP contribution in [0.15, 0.2) is 35.7 Å². The van der Waals surface area contributed by atoms with Gasteiger partial charge in [-0.05, 0) is 42.1 Å². The molecule has 3 rings (SSSR count). The highest BCUT2D eigenvalue weighted by Crippen LogP contribution is 2.29. The van der Waals surface area contributed by atoms with Crippen LogP contribution in [-0.2, 0) is 17.6 Å². The zero-order valence-corrected chi connectivity index (χ0v) is 14.1. The van der Waals surface area contributed by atoms with Gasteiger partial charge in [0.15, 0.2) is 0 Å². The van der Waals surface area contributed by atoms with Gasteiger partial charge in [0, 0.05) is 36.5 Å². The van der Waals surface area contributed by atoms with E-state index >= 15 is 0 Å². The van der Waals surface area contributed by atoms with Crippen molar-refractivity contribution >= 4 is 28.6 Å². The maximum Gasteiger partial charge on any atom is 0.227 e. The molecule has 0 radical (unpaired) electrons. The standard InChI is InChI=1S/C18H21N3OS/c1-20-8-9-21-16-6-4-13(11-14(16)5-7-18(21)22)12-15(19)17-3-2-10-23-17/h2-4,6,10-11,19-20H,5,7-9,12H2,1H3. The van der Waals surface area contributed by atoms with Crippen LogP contribution < -0.4 is 10.2 Å². The second-order valence-electron chi connectivity index (χ2n) is 5.74. The smallest absolute Gasteiger partial charge is 0.227 e. The predicted octanol–water partition coefficient (Wildman–Crippen LogP) is 2.86. The Balaban J connectivity index is 1.79. The maximum atomic E-state index is 12.1. The molecular formula is C18H21N3OS. The van der Waals surface area contributed by atoms with Crippen molar-refractivity contribution in [1.82, 2.24) is 5.32 Å². The van der Waals surface area contributed by atoms with Crippen molar-refractivity contribution in [3.05, 3.63) is 51.7 Å². The van der Waals surface area contributed by atoms with E-state index in [9.17, 15) is 4.79 Å². The van der Waals surface area contributed by atoms with Gasteiger partial charge in [0.25, 0.3) is 0 Å². The number of amides is 1. The minimum atomic E-state index is 0.201. The zero-order valence-electron chi connectivity index (χ0n) is 13.3. The van der Waals surface area contributed by atoms with Crippen LogP contribution in [0, 0.1) is 5.41 Å². The van der Waals surface area contributed by atoms with E-state index in [1.807, 2.05) is 41.6 Å². The molecule has 1 aromatic carbocycles. The number of hydrogen-bond donors (Lipinski definition) is 2. The quantitative estimate of drug-likeness (QED) is 0.802. The summed E-state index contributed by atoms with van der Waals surface area (Å²) in [5.74, 6) is 0.201. The molecule has 0 saturated heterocycles. The summed E-state index contributed by atoms with van der Waals surface area (Å²) in [6, 6.07) is 10.2. The Kier molecular flexibility index (Phi) is 4.88. The van der Waals surface area contributed by atoms with Crippen LogP contribution in [0.1, 0.15) is 22.4 Å². The molecule has 23 heavy (non-hydrogen) atoms. The first kappa shape index (κ1) is 15.9. The number of hydrogen-bond acceptors (Lipinski definition) is 4. The van der Waals surface area contributed by atoms with E-state index in [-0.39, 0.29) is 5.91 Å². The van der Waals surface area contributed by atoms with Crippen LogP contribution in [0.3, 0.4) is 0 Å². The van der Waals surface area contributed by atoms with Gasteiger partial charge in [0.1, 0.15) is 0 Å². The Labute approximate surface area is 140 Å². The minimum Gasteiger partial charge on any atom is -0.318 e. The fourth-order valence-corrected chi connectivity index (χ4v) is 3.61. The molecule has 0 aliphatic carbocycles. The van der Waals surface area contributed by atoms with E-state index in [2.05, 4.69) is 11.4 Å². The number of aryl methyl sites for hydroxylation is 1. The minimum absolute atomic E-state index is 0.201. The number of carbonyl (C=O) groups excluding carboxylic acids is 1. The topological polar surface area (TPSA) is 56.2 Å². The van der Waals surface area contributed by atoms with Crippen LogP contribution in [0.4, 0.5) is 5.69 Å². The van der Waals surface area contributed by atoms with Gasteiger partial charge < -0.3 is 15.6 Å². The number of nitrogens with one attached hydrogen (secondary N) is 2. The van der Waals surface area contributed by atoms with Crippen molar-refractivity contribution in [2.75, 3.05) is 25.0 Å². The Morgan fingerprint density at radius 2 is 2.22 bits per heavy atom. The number of rotatable bonds is 6. The van der Waals surface area contributed by atoms with Crippen LogP contribution in [0.2, 0.25) is 0 Å². The van der Waals surface area contributed by atoms with E-state index in [1.54, 1.807) is 11.3 Å². The largest absolute Gasteiger partial charge is 0.318 e. The van der Waals surface area contributed by atoms with Gasteiger partial charge >= 0.3 is 0 Å². The lowest BCUT2D eigenvalue weighted by atomic mass is 9.96. The monoisotopic (exact) mass is 327 g/mol. The van der Waals surface area contributed by atoms with E-state index < -0.39 is 0 Å². The summed E-state index contributed by atoms with van der Waals surface area (Å²) in [7, 11) is 1.90. The predicted molar refractivity (Wildman–Crippen MR) is 95.9 cm³/mol. The third kappa shape index (κ3) is 3.51. The molecule has 1 aliphatic rings. The van der Waals surface area contributed by atoms with Gasteiger partial charge in [0.2, 0.25) is 5.91 Å². The first-order chi connectivity index (χ1) is 11.2. The fourth-order valence-electron chi connectivity index (χ4n) is 2.93. The molecule has 120 valence electrons. The summed E-state index contributed by atoms with van der Waals surface area (Å²) in [6.45, 7) is 1.49. The molecule has 0 bridgehead atoms. The van der Waals surface area contributed by atoms with Crippen molar-refractivity contribution in [3.8, 4) is 0 Å². The molecular weight excluding hydrogens is 306 g/mol. The first-order valence-electron chi connectivity index (χ1n) is 7.87. The molecule has 2 heterocycles. The van der Waals surface area contributed by atoms with E-state index in [4.69, 9.17) is 5.41 Å². The highest BCUT2D eigenvalue weighted by molar-refractivity contribution is 7.12. The molecule has 1 aliphatic heterocycles. The van der Waals surface area contributed by atoms with E-state index in [0.29, 0.717) is 25.1 Å². The Morgan fingerprint density at radius 1 is 1.35 bits per heavy atom. The van der Waals surface area contributed by atoms with Crippen molar-refractivity contribution in [1.29, 1.82) is 5.41 Å². The van der Waals surface area contributed by atoms with Gasteiger partial charge in [-0.1, -0.05) is 18.2 Å². The maximum absolute atomic E-state index is 12.1. The van der Waals surface area contributed by atoms with Crippen molar-refractivity contribution in [2.45, 2.75) is 19.3 Å². The number of likely N-dealkylation sites (N-methyl/N-ethyl adjacent to an activating group) is 1. The SMILES string of the molecule is CNCCN1C(=O)CCc2cc(CC(=N)c3cccs3)ccc21.